The maximum atomic E-state index is 15.0. The average Bonchev–Trinajstić information content (AvgIpc) is 3.32. The monoisotopic (exact) mass is 400 g/mol. The van der Waals surface area contributed by atoms with E-state index in [0.29, 0.717) is 6.07 Å². The van der Waals surface area contributed by atoms with Gasteiger partial charge in [0.2, 0.25) is 5.54 Å². The first kappa shape index (κ1) is 18.7. The van der Waals surface area contributed by atoms with Gasteiger partial charge in [-0.25, -0.2) is 18.2 Å². The van der Waals surface area contributed by atoms with Crippen LogP contribution >= 0.6 is 0 Å². The second-order valence-corrected chi connectivity index (χ2v) is 6.51. The summed E-state index contributed by atoms with van der Waals surface area (Å²) in [7, 11) is 1.37. The molecule has 1 atom stereocenters. The van der Waals surface area contributed by atoms with Gasteiger partial charge < -0.3 is 5.73 Å². The molecular weight excluding hydrogens is 385 g/mol. The summed E-state index contributed by atoms with van der Waals surface area (Å²) in [5, 5.41) is 6.36. The Bertz CT molecular complexity index is 1130. The van der Waals surface area contributed by atoms with Gasteiger partial charge >= 0.3 is 0 Å². The van der Waals surface area contributed by atoms with E-state index in [1.807, 2.05) is 0 Å². The first-order valence-corrected chi connectivity index (χ1v) is 8.52. The molecule has 7 nitrogen and oxygen atoms in total. The highest BCUT2D eigenvalue weighted by Crippen LogP contribution is 2.41. The molecule has 0 spiro atoms. The van der Waals surface area contributed by atoms with Gasteiger partial charge in [-0.05, 0) is 29.8 Å². The van der Waals surface area contributed by atoms with Crippen LogP contribution < -0.4 is 5.73 Å². The Morgan fingerprint density at radius 3 is 2.59 bits per heavy atom. The Kier molecular flexibility index (Phi) is 4.33. The van der Waals surface area contributed by atoms with Gasteiger partial charge in [0.1, 0.15) is 18.3 Å². The summed E-state index contributed by atoms with van der Waals surface area (Å²) in [6.07, 6.45) is 2.70. The topological polar surface area (TPSA) is 100 Å². The number of hydrogen-bond acceptors (Lipinski definition) is 5. The molecule has 3 heterocycles. The van der Waals surface area contributed by atoms with E-state index < -0.39 is 29.8 Å². The number of halogens is 3. The van der Waals surface area contributed by atoms with Gasteiger partial charge in [0.05, 0.1) is 11.4 Å². The fourth-order valence-electron chi connectivity index (χ4n) is 3.32. The van der Waals surface area contributed by atoms with E-state index in [2.05, 4.69) is 20.2 Å². The van der Waals surface area contributed by atoms with Gasteiger partial charge in [0.25, 0.3) is 5.91 Å². The molecule has 0 saturated heterocycles. The number of aliphatic imine (C=N–C) groups is 1. The smallest absolute Gasteiger partial charge is 0.268 e. The van der Waals surface area contributed by atoms with Crippen molar-refractivity contribution >= 4 is 11.9 Å². The molecule has 3 aromatic rings. The summed E-state index contributed by atoms with van der Waals surface area (Å²) in [6, 6.07) is 6.05. The molecule has 4 rings (SSSR count). The normalized spacial score (nSPS) is 19.0. The minimum atomic E-state index is -2.02. The predicted octanol–water partition coefficient (Wildman–Crippen LogP) is 2.25. The molecule has 0 saturated carbocycles. The summed E-state index contributed by atoms with van der Waals surface area (Å²) in [5.41, 5.74) is 4.03. The number of alkyl halides is 1. The lowest BCUT2D eigenvalue weighted by molar-refractivity contribution is -0.129. The Hall–Kier alpha value is -3.69. The minimum Gasteiger partial charge on any atom is -0.369 e. The fraction of sp³-hybridized carbons (Fsp3) is 0.158. The third kappa shape index (κ3) is 2.75. The third-order valence-corrected chi connectivity index (χ3v) is 4.83. The number of nitrogens with two attached hydrogens (primary N) is 1. The number of guanidine groups is 1. The quantitative estimate of drug-likeness (QED) is 0.702. The molecule has 1 aromatic carbocycles. The van der Waals surface area contributed by atoms with Crippen LogP contribution in [0.25, 0.3) is 11.3 Å². The van der Waals surface area contributed by atoms with Crippen LogP contribution in [0, 0.1) is 11.6 Å². The van der Waals surface area contributed by atoms with Crippen LogP contribution in [0.15, 0.2) is 47.7 Å². The zero-order valence-electron chi connectivity index (χ0n) is 15.2. The van der Waals surface area contributed by atoms with Gasteiger partial charge in [0, 0.05) is 36.6 Å². The van der Waals surface area contributed by atoms with E-state index in [1.54, 1.807) is 0 Å². The third-order valence-electron chi connectivity index (χ3n) is 4.83. The lowest BCUT2D eigenvalue weighted by Crippen LogP contribution is -2.42. The van der Waals surface area contributed by atoms with Crippen LogP contribution in [0.5, 0.6) is 0 Å². The van der Waals surface area contributed by atoms with Crippen molar-refractivity contribution in [3.63, 3.8) is 0 Å². The number of benzene rings is 1. The molecule has 0 radical (unpaired) electrons. The number of nitrogens with one attached hydrogen (secondary N) is 1. The summed E-state index contributed by atoms with van der Waals surface area (Å²) < 4.78 is 42.7. The van der Waals surface area contributed by atoms with Crippen LogP contribution in [-0.4, -0.2) is 39.0 Å². The Morgan fingerprint density at radius 1 is 1.17 bits per heavy atom. The van der Waals surface area contributed by atoms with Crippen LogP contribution in [0.3, 0.4) is 0 Å². The summed E-state index contributed by atoms with van der Waals surface area (Å²) in [4.78, 5) is 22.6. The molecular formula is C19H15F3N6O. The lowest BCUT2D eigenvalue weighted by atomic mass is 9.84. The molecule has 3 N–H and O–H groups in total. The summed E-state index contributed by atoms with van der Waals surface area (Å²) >= 11 is 0. The molecule has 10 heteroatoms. The highest BCUT2D eigenvalue weighted by Gasteiger charge is 2.52. The van der Waals surface area contributed by atoms with Gasteiger partial charge in [-0.2, -0.15) is 5.10 Å². The highest BCUT2D eigenvalue weighted by atomic mass is 19.1. The van der Waals surface area contributed by atoms with Crippen molar-refractivity contribution in [2.24, 2.45) is 10.7 Å². The van der Waals surface area contributed by atoms with E-state index >= 15 is 4.39 Å². The van der Waals surface area contributed by atoms with Gasteiger partial charge in [-0.1, -0.05) is 0 Å². The second kappa shape index (κ2) is 6.73. The number of carbonyl (C=O) groups excluding carboxylic acids is 1. The maximum Gasteiger partial charge on any atom is 0.268 e. The fourth-order valence-corrected chi connectivity index (χ4v) is 3.32. The van der Waals surface area contributed by atoms with E-state index in [0.717, 1.165) is 11.0 Å². The number of hydrogen-bond donors (Lipinski definition) is 2. The van der Waals surface area contributed by atoms with Crippen LogP contribution in [0.1, 0.15) is 16.8 Å². The molecule has 1 unspecified atom stereocenters. The van der Waals surface area contributed by atoms with Crippen LogP contribution in [-0.2, 0) is 17.0 Å². The summed E-state index contributed by atoms with van der Waals surface area (Å²) in [6.45, 7) is -0.819. The van der Waals surface area contributed by atoms with E-state index in [4.69, 9.17) is 5.73 Å². The van der Waals surface area contributed by atoms with E-state index in [9.17, 15) is 13.6 Å². The van der Waals surface area contributed by atoms with Crippen LogP contribution in [0.4, 0.5) is 13.2 Å². The Balaban J connectivity index is 2.04. The number of aromatic amines is 1. The van der Waals surface area contributed by atoms with Gasteiger partial charge in [-0.15, -0.1) is 0 Å². The summed E-state index contributed by atoms with van der Waals surface area (Å²) in [5.74, 6) is -2.74. The standard InChI is InChI=1S/C19H15F3N6O/c1-28-17(29)19(26-18(28)23,16-6-10(9-20)2-4-24-16)12-7-11(13(21)8-14(12)22)15-3-5-25-27-15/h2-8H,9H2,1H3,(H2,23,26)(H,25,27). The van der Waals surface area contributed by atoms with E-state index in [1.165, 1.54) is 37.6 Å². The number of H-pyrrole nitrogens is 1. The molecule has 2 aromatic heterocycles. The molecule has 1 aliphatic rings. The number of amides is 1. The predicted molar refractivity (Wildman–Crippen MR) is 98.2 cm³/mol. The number of nitrogens with zero attached hydrogens (tertiary/aromatic N) is 4. The lowest BCUT2D eigenvalue weighted by Gasteiger charge is -2.26. The Morgan fingerprint density at radius 2 is 1.97 bits per heavy atom. The maximum absolute atomic E-state index is 15.0. The zero-order valence-corrected chi connectivity index (χ0v) is 15.2. The average molecular weight is 400 g/mol. The van der Waals surface area contributed by atoms with Crippen molar-refractivity contribution in [3.8, 4) is 11.3 Å². The molecule has 0 aliphatic carbocycles. The van der Waals surface area contributed by atoms with Gasteiger partial charge in [-0.3, -0.25) is 19.8 Å². The van der Waals surface area contributed by atoms with Gasteiger partial charge in [0.15, 0.2) is 5.96 Å². The molecule has 0 bridgehead atoms. The number of pyridine rings is 1. The number of aromatic nitrogens is 3. The van der Waals surface area contributed by atoms with Crippen molar-refractivity contribution in [3.05, 3.63) is 71.2 Å². The highest BCUT2D eigenvalue weighted by molar-refractivity contribution is 6.08. The van der Waals surface area contributed by atoms with Crippen molar-refractivity contribution in [2.75, 3.05) is 7.05 Å². The first-order valence-electron chi connectivity index (χ1n) is 8.52. The largest absolute Gasteiger partial charge is 0.369 e. The molecule has 0 fully saturated rings. The first-order chi connectivity index (χ1) is 13.9. The van der Waals surface area contributed by atoms with Crippen molar-refractivity contribution < 1.29 is 18.0 Å². The van der Waals surface area contributed by atoms with Crippen LogP contribution in [0.2, 0.25) is 0 Å². The number of rotatable bonds is 4. The second-order valence-electron chi connectivity index (χ2n) is 6.51. The Labute approximate surface area is 163 Å². The molecule has 148 valence electrons. The van der Waals surface area contributed by atoms with E-state index in [-0.39, 0.29) is 34.0 Å². The zero-order chi connectivity index (χ0) is 20.8. The van der Waals surface area contributed by atoms with Crippen molar-refractivity contribution in [1.29, 1.82) is 0 Å². The van der Waals surface area contributed by atoms with Crippen molar-refractivity contribution in [1.82, 2.24) is 20.1 Å². The minimum absolute atomic E-state index is 0.0176. The van der Waals surface area contributed by atoms with Crippen molar-refractivity contribution in [2.45, 2.75) is 12.2 Å². The number of carbonyl (C=O) groups is 1. The number of likely N-dealkylation sites (N-methyl/N-ethyl adjacent to an activating group) is 1. The SMILES string of the molecule is CN1C(=O)C(c2cc(CF)ccn2)(c2cc(-c3ccn[nH]3)c(F)cc2F)N=C1N. The molecule has 1 amide bonds. The molecule has 1 aliphatic heterocycles. The molecule has 29 heavy (non-hydrogen) atoms.